The standard InChI is InChI=1S/C16H22BrFN2O/c17-14-11-13(1-2-15(14)18)16(12-3-9-21-10-4-12)20-7-5-19-6-8-20/h1-2,11-12,16,19H,3-10H2/t16-/m1/s1. The van der Waals surface area contributed by atoms with Crippen LogP contribution in [-0.4, -0.2) is 44.3 Å². The number of hydrogen-bond acceptors (Lipinski definition) is 3. The Kier molecular flexibility index (Phi) is 5.27. The second-order valence-corrected chi connectivity index (χ2v) is 6.71. The Bertz CT molecular complexity index is 455. The van der Waals surface area contributed by atoms with Gasteiger partial charge in [-0.25, -0.2) is 4.39 Å². The average Bonchev–Trinajstić information content (AvgIpc) is 2.53. The molecule has 2 heterocycles. The molecule has 116 valence electrons. The molecule has 0 bridgehead atoms. The topological polar surface area (TPSA) is 24.5 Å². The third kappa shape index (κ3) is 3.65. The first kappa shape index (κ1) is 15.4. The highest BCUT2D eigenvalue weighted by molar-refractivity contribution is 9.10. The van der Waals surface area contributed by atoms with Gasteiger partial charge in [0.1, 0.15) is 5.82 Å². The van der Waals surface area contributed by atoms with E-state index in [0.717, 1.165) is 52.2 Å². The van der Waals surface area contributed by atoms with E-state index < -0.39 is 0 Å². The van der Waals surface area contributed by atoms with Crippen LogP contribution < -0.4 is 5.32 Å². The summed E-state index contributed by atoms with van der Waals surface area (Å²) in [6.45, 7) is 5.85. The minimum absolute atomic E-state index is 0.190. The number of rotatable bonds is 3. The van der Waals surface area contributed by atoms with Crippen LogP contribution in [0.4, 0.5) is 4.39 Å². The maximum Gasteiger partial charge on any atom is 0.137 e. The molecule has 2 aliphatic rings. The molecule has 0 aromatic heterocycles. The maximum atomic E-state index is 13.6. The number of piperazine rings is 1. The number of ether oxygens (including phenoxy) is 1. The Morgan fingerprint density at radius 3 is 2.62 bits per heavy atom. The fourth-order valence-corrected chi connectivity index (χ4v) is 3.87. The molecule has 0 amide bonds. The van der Waals surface area contributed by atoms with Gasteiger partial charge in [-0.05, 0) is 52.4 Å². The van der Waals surface area contributed by atoms with Crippen molar-refractivity contribution in [2.75, 3.05) is 39.4 Å². The van der Waals surface area contributed by atoms with Crippen LogP contribution in [-0.2, 0) is 4.74 Å². The van der Waals surface area contributed by atoms with Crippen LogP contribution in [0.1, 0.15) is 24.4 Å². The molecule has 3 nitrogen and oxygen atoms in total. The summed E-state index contributed by atoms with van der Waals surface area (Å²) in [6.07, 6.45) is 2.17. The zero-order valence-corrected chi connectivity index (χ0v) is 13.7. The molecule has 0 aliphatic carbocycles. The molecule has 0 saturated carbocycles. The van der Waals surface area contributed by atoms with Crippen molar-refractivity contribution in [2.45, 2.75) is 18.9 Å². The van der Waals surface area contributed by atoms with Gasteiger partial charge in [0.05, 0.1) is 4.47 Å². The van der Waals surface area contributed by atoms with Crippen LogP contribution in [0.2, 0.25) is 0 Å². The van der Waals surface area contributed by atoms with Crippen molar-refractivity contribution in [3.05, 3.63) is 34.1 Å². The van der Waals surface area contributed by atoms with Gasteiger partial charge in [0, 0.05) is 45.4 Å². The summed E-state index contributed by atoms with van der Waals surface area (Å²) in [5.41, 5.74) is 1.22. The van der Waals surface area contributed by atoms with E-state index in [-0.39, 0.29) is 5.82 Å². The van der Waals surface area contributed by atoms with E-state index >= 15 is 0 Å². The minimum atomic E-state index is -0.190. The van der Waals surface area contributed by atoms with Gasteiger partial charge in [0.25, 0.3) is 0 Å². The van der Waals surface area contributed by atoms with E-state index in [2.05, 4.69) is 26.1 Å². The van der Waals surface area contributed by atoms with Gasteiger partial charge in [0.2, 0.25) is 0 Å². The lowest BCUT2D eigenvalue weighted by Crippen LogP contribution is -2.47. The average molecular weight is 357 g/mol. The van der Waals surface area contributed by atoms with Crippen LogP contribution in [0.15, 0.2) is 22.7 Å². The van der Waals surface area contributed by atoms with Crippen molar-refractivity contribution in [3.8, 4) is 0 Å². The van der Waals surface area contributed by atoms with Gasteiger partial charge in [-0.3, -0.25) is 4.90 Å². The third-order valence-electron chi connectivity index (χ3n) is 4.54. The number of halogens is 2. The van der Waals surface area contributed by atoms with E-state index in [0.29, 0.717) is 16.4 Å². The smallest absolute Gasteiger partial charge is 0.137 e. The molecule has 1 aromatic rings. The molecule has 3 rings (SSSR count). The Morgan fingerprint density at radius 1 is 1.24 bits per heavy atom. The van der Waals surface area contributed by atoms with Gasteiger partial charge >= 0.3 is 0 Å². The molecule has 21 heavy (non-hydrogen) atoms. The fourth-order valence-electron chi connectivity index (χ4n) is 3.47. The zero-order chi connectivity index (χ0) is 14.7. The molecule has 2 saturated heterocycles. The van der Waals surface area contributed by atoms with Crippen molar-refractivity contribution < 1.29 is 9.13 Å². The predicted molar refractivity (Wildman–Crippen MR) is 84.8 cm³/mol. The highest BCUT2D eigenvalue weighted by Gasteiger charge is 2.31. The number of nitrogens with one attached hydrogen (secondary N) is 1. The summed E-state index contributed by atoms with van der Waals surface area (Å²) in [6, 6.07) is 5.85. The number of benzene rings is 1. The predicted octanol–water partition coefficient (Wildman–Crippen LogP) is 2.96. The van der Waals surface area contributed by atoms with Crippen LogP contribution in [0, 0.1) is 11.7 Å². The first-order valence-corrected chi connectivity index (χ1v) is 8.52. The summed E-state index contributed by atoms with van der Waals surface area (Å²) in [5.74, 6) is 0.402. The molecular weight excluding hydrogens is 335 g/mol. The first-order valence-electron chi connectivity index (χ1n) is 7.73. The van der Waals surface area contributed by atoms with Crippen molar-refractivity contribution in [1.82, 2.24) is 10.2 Å². The summed E-state index contributed by atoms with van der Waals surface area (Å²) < 4.78 is 19.6. The maximum absolute atomic E-state index is 13.6. The lowest BCUT2D eigenvalue weighted by atomic mass is 9.85. The minimum Gasteiger partial charge on any atom is -0.381 e. The van der Waals surface area contributed by atoms with Crippen LogP contribution in [0.25, 0.3) is 0 Å². The van der Waals surface area contributed by atoms with Gasteiger partial charge in [-0.2, -0.15) is 0 Å². The monoisotopic (exact) mass is 356 g/mol. The van der Waals surface area contributed by atoms with E-state index in [4.69, 9.17) is 4.74 Å². The Labute approximate surface area is 134 Å². The fraction of sp³-hybridized carbons (Fsp3) is 0.625. The Hall–Kier alpha value is -0.490. The highest BCUT2D eigenvalue weighted by atomic mass is 79.9. The van der Waals surface area contributed by atoms with Crippen molar-refractivity contribution in [1.29, 1.82) is 0 Å². The Balaban J connectivity index is 1.87. The summed E-state index contributed by atoms with van der Waals surface area (Å²) >= 11 is 3.33. The van der Waals surface area contributed by atoms with Gasteiger partial charge in [-0.15, -0.1) is 0 Å². The molecule has 2 fully saturated rings. The molecule has 0 unspecified atom stereocenters. The molecule has 0 spiro atoms. The van der Waals surface area contributed by atoms with Crippen molar-refractivity contribution in [3.63, 3.8) is 0 Å². The van der Waals surface area contributed by atoms with Crippen LogP contribution in [0.3, 0.4) is 0 Å². The largest absolute Gasteiger partial charge is 0.381 e. The normalized spacial score (nSPS) is 23.1. The third-order valence-corrected chi connectivity index (χ3v) is 5.15. The summed E-state index contributed by atoms with van der Waals surface area (Å²) in [5, 5.41) is 3.41. The van der Waals surface area contributed by atoms with E-state index in [1.807, 2.05) is 12.1 Å². The molecule has 5 heteroatoms. The summed E-state index contributed by atoms with van der Waals surface area (Å²) in [4.78, 5) is 2.55. The zero-order valence-electron chi connectivity index (χ0n) is 12.2. The van der Waals surface area contributed by atoms with Crippen molar-refractivity contribution >= 4 is 15.9 Å². The van der Waals surface area contributed by atoms with Crippen molar-refractivity contribution in [2.24, 2.45) is 5.92 Å². The van der Waals surface area contributed by atoms with Gasteiger partial charge in [-0.1, -0.05) is 6.07 Å². The molecule has 1 N–H and O–H groups in total. The second-order valence-electron chi connectivity index (χ2n) is 5.85. The SMILES string of the molecule is Fc1ccc([C@@H](C2CCOCC2)N2CCNCC2)cc1Br. The van der Waals surface area contributed by atoms with E-state index in [9.17, 15) is 4.39 Å². The number of nitrogens with zero attached hydrogens (tertiary/aromatic N) is 1. The molecule has 2 aliphatic heterocycles. The van der Waals surface area contributed by atoms with Crippen LogP contribution in [0.5, 0.6) is 0 Å². The highest BCUT2D eigenvalue weighted by Crippen LogP contribution is 2.36. The quantitative estimate of drug-likeness (QED) is 0.900. The van der Waals surface area contributed by atoms with E-state index in [1.165, 1.54) is 5.56 Å². The molecule has 1 atom stereocenters. The van der Waals surface area contributed by atoms with Crippen LogP contribution >= 0.6 is 15.9 Å². The molecular formula is C16H22BrFN2O. The second kappa shape index (κ2) is 7.18. The van der Waals surface area contributed by atoms with Gasteiger partial charge < -0.3 is 10.1 Å². The van der Waals surface area contributed by atoms with E-state index in [1.54, 1.807) is 6.07 Å². The molecule has 1 aromatic carbocycles. The van der Waals surface area contributed by atoms with Gasteiger partial charge in [0.15, 0.2) is 0 Å². The lowest BCUT2D eigenvalue weighted by molar-refractivity contribution is 0.0213. The Morgan fingerprint density at radius 2 is 1.95 bits per heavy atom. The molecule has 0 radical (unpaired) electrons. The summed E-state index contributed by atoms with van der Waals surface area (Å²) in [7, 11) is 0. The first-order chi connectivity index (χ1) is 10.3. The number of hydrogen-bond donors (Lipinski definition) is 1. The lowest BCUT2D eigenvalue weighted by Gasteiger charge is -2.41.